The lowest BCUT2D eigenvalue weighted by Gasteiger charge is -2.28. The van der Waals surface area contributed by atoms with Crippen LogP contribution in [0.5, 0.6) is 0 Å². The normalized spacial score (nSPS) is 16.1. The molecule has 0 aliphatic carbocycles. The van der Waals surface area contributed by atoms with Crippen LogP contribution in [0.2, 0.25) is 0 Å². The summed E-state index contributed by atoms with van der Waals surface area (Å²) in [6, 6.07) is 7.43. The summed E-state index contributed by atoms with van der Waals surface area (Å²) in [7, 11) is 0. The number of benzene rings is 1. The molecule has 1 aliphatic rings. The van der Waals surface area contributed by atoms with E-state index in [1.165, 1.54) is 0 Å². The summed E-state index contributed by atoms with van der Waals surface area (Å²) in [6.07, 6.45) is 4.24. The topological polar surface area (TPSA) is 49.4 Å². The van der Waals surface area contributed by atoms with Gasteiger partial charge in [0, 0.05) is 18.7 Å². The zero-order chi connectivity index (χ0) is 15.2. The molecule has 1 N–H and O–H groups in total. The highest BCUT2D eigenvalue weighted by Gasteiger charge is 2.30. The molecule has 1 heterocycles. The van der Waals surface area contributed by atoms with Crippen molar-refractivity contribution in [3.05, 3.63) is 29.8 Å². The summed E-state index contributed by atoms with van der Waals surface area (Å²) in [5.74, 6) is -0.0356. The molecule has 114 valence electrons. The van der Waals surface area contributed by atoms with E-state index in [0.717, 1.165) is 36.9 Å². The van der Waals surface area contributed by atoms with Crippen LogP contribution in [0, 0.1) is 0 Å². The van der Waals surface area contributed by atoms with Gasteiger partial charge in [-0.15, -0.1) is 0 Å². The minimum Gasteiger partial charge on any atom is -0.354 e. The molecule has 1 aliphatic heterocycles. The van der Waals surface area contributed by atoms with Gasteiger partial charge in [0.05, 0.1) is 0 Å². The number of fused-ring (bicyclic) bond motifs is 1. The number of carbonyl (C=O) groups excluding carboxylic acids is 2. The van der Waals surface area contributed by atoms with Crippen molar-refractivity contribution in [1.82, 2.24) is 5.32 Å². The Morgan fingerprint density at radius 1 is 1.33 bits per heavy atom. The zero-order valence-corrected chi connectivity index (χ0v) is 12.9. The number of hydrogen-bond donors (Lipinski definition) is 1. The fourth-order valence-electron chi connectivity index (χ4n) is 2.72. The van der Waals surface area contributed by atoms with E-state index in [0.29, 0.717) is 13.0 Å². The lowest BCUT2D eigenvalue weighted by atomic mass is 10.1. The predicted octanol–water partition coefficient (Wildman–Crippen LogP) is 2.66. The van der Waals surface area contributed by atoms with Crippen LogP contribution in [0.25, 0.3) is 0 Å². The van der Waals surface area contributed by atoms with Gasteiger partial charge in [0.25, 0.3) is 0 Å². The number of hydrogen-bond acceptors (Lipinski definition) is 2. The lowest BCUT2D eigenvalue weighted by molar-refractivity contribution is -0.126. The first-order chi connectivity index (χ1) is 10.1. The maximum atomic E-state index is 12.4. The highest BCUT2D eigenvalue weighted by molar-refractivity contribution is 6.01. The number of amides is 2. The summed E-state index contributed by atoms with van der Waals surface area (Å²) in [4.78, 5) is 26.3. The Bertz CT molecular complexity index is 513. The Morgan fingerprint density at radius 2 is 2.10 bits per heavy atom. The summed E-state index contributed by atoms with van der Waals surface area (Å²) in [5.41, 5.74) is 2.04. The third kappa shape index (κ3) is 3.63. The third-order valence-corrected chi connectivity index (χ3v) is 3.95. The van der Waals surface area contributed by atoms with Crippen LogP contribution in [0.3, 0.4) is 0 Å². The highest BCUT2D eigenvalue weighted by Crippen LogP contribution is 2.28. The molecule has 0 radical (unpaired) electrons. The summed E-state index contributed by atoms with van der Waals surface area (Å²) < 4.78 is 0. The Hall–Kier alpha value is -1.84. The Kier molecular flexibility index (Phi) is 5.37. The molecule has 4 heteroatoms. The van der Waals surface area contributed by atoms with E-state index in [2.05, 4.69) is 12.2 Å². The molecular formula is C17H24N2O2. The van der Waals surface area contributed by atoms with Gasteiger partial charge in [0.2, 0.25) is 11.8 Å². The number of aryl methyl sites for hydroxylation is 1. The highest BCUT2D eigenvalue weighted by atomic mass is 16.2. The Balaban J connectivity index is 2.19. The van der Waals surface area contributed by atoms with Crippen molar-refractivity contribution in [3.63, 3.8) is 0 Å². The standard InChI is InChI=1S/C17H24N2O2/c1-3-4-12-18-17(21)13(2)19-15-10-6-5-8-14(15)9-7-11-16(19)20/h5-6,8,10,13H,3-4,7,9,11-12H2,1-2H3,(H,18,21). The van der Waals surface area contributed by atoms with E-state index in [1.807, 2.05) is 24.3 Å². The molecule has 2 rings (SSSR count). The quantitative estimate of drug-likeness (QED) is 0.847. The monoisotopic (exact) mass is 288 g/mol. The maximum Gasteiger partial charge on any atom is 0.242 e. The number of para-hydroxylation sites is 1. The molecule has 1 atom stereocenters. The second kappa shape index (κ2) is 7.25. The molecule has 0 saturated heterocycles. The summed E-state index contributed by atoms with van der Waals surface area (Å²) in [6.45, 7) is 4.56. The van der Waals surface area contributed by atoms with Crippen LogP contribution in [-0.2, 0) is 16.0 Å². The minimum absolute atomic E-state index is 0.0399. The predicted molar refractivity (Wildman–Crippen MR) is 84.2 cm³/mol. The van der Waals surface area contributed by atoms with Crippen LogP contribution in [-0.4, -0.2) is 24.4 Å². The summed E-state index contributed by atoms with van der Waals surface area (Å²) >= 11 is 0. The van der Waals surface area contributed by atoms with E-state index < -0.39 is 6.04 Å². The van der Waals surface area contributed by atoms with E-state index in [9.17, 15) is 9.59 Å². The van der Waals surface area contributed by atoms with Gasteiger partial charge in [-0.05, 0) is 37.8 Å². The Labute approximate surface area is 126 Å². The van der Waals surface area contributed by atoms with Crippen LogP contribution < -0.4 is 10.2 Å². The van der Waals surface area contributed by atoms with Crippen molar-refractivity contribution < 1.29 is 9.59 Å². The second-order valence-electron chi connectivity index (χ2n) is 5.57. The van der Waals surface area contributed by atoms with E-state index in [1.54, 1.807) is 11.8 Å². The Morgan fingerprint density at radius 3 is 2.86 bits per heavy atom. The van der Waals surface area contributed by atoms with Gasteiger partial charge in [-0.1, -0.05) is 31.5 Å². The van der Waals surface area contributed by atoms with Crippen LogP contribution in [0.4, 0.5) is 5.69 Å². The maximum absolute atomic E-state index is 12.4. The smallest absolute Gasteiger partial charge is 0.242 e. The van der Waals surface area contributed by atoms with E-state index in [4.69, 9.17) is 0 Å². The van der Waals surface area contributed by atoms with Crippen molar-refractivity contribution in [2.45, 2.75) is 52.0 Å². The van der Waals surface area contributed by atoms with Crippen molar-refractivity contribution in [1.29, 1.82) is 0 Å². The number of rotatable bonds is 5. The molecule has 21 heavy (non-hydrogen) atoms. The van der Waals surface area contributed by atoms with Crippen molar-refractivity contribution in [2.24, 2.45) is 0 Å². The zero-order valence-electron chi connectivity index (χ0n) is 12.9. The van der Waals surface area contributed by atoms with Crippen LogP contribution in [0.15, 0.2) is 24.3 Å². The number of nitrogens with one attached hydrogen (secondary N) is 1. The van der Waals surface area contributed by atoms with E-state index >= 15 is 0 Å². The third-order valence-electron chi connectivity index (χ3n) is 3.95. The van der Waals surface area contributed by atoms with Gasteiger partial charge >= 0.3 is 0 Å². The van der Waals surface area contributed by atoms with Crippen LogP contribution in [0.1, 0.15) is 45.1 Å². The largest absolute Gasteiger partial charge is 0.354 e. The molecule has 1 aromatic carbocycles. The van der Waals surface area contributed by atoms with E-state index in [-0.39, 0.29) is 11.8 Å². The number of unbranched alkanes of at least 4 members (excludes halogenated alkanes) is 1. The average Bonchev–Trinajstić information content (AvgIpc) is 2.65. The minimum atomic E-state index is -0.464. The van der Waals surface area contributed by atoms with Gasteiger partial charge in [-0.25, -0.2) is 0 Å². The second-order valence-corrected chi connectivity index (χ2v) is 5.57. The summed E-state index contributed by atoms with van der Waals surface area (Å²) in [5, 5.41) is 2.92. The van der Waals surface area contributed by atoms with Gasteiger partial charge in [-0.3, -0.25) is 14.5 Å². The number of anilines is 1. The van der Waals surface area contributed by atoms with Crippen molar-refractivity contribution >= 4 is 17.5 Å². The fourth-order valence-corrected chi connectivity index (χ4v) is 2.72. The molecule has 0 fully saturated rings. The lowest BCUT2D eigenvalue weighted by Crippen LogP contribution is -2.48. The van der Waals surface area contributed by atoms with Gasteiger partial charge < -0.3 is 5.32 Å². The molecule has 1 unspecified atom stereocenters. The SMILES string of the molecule is CCCCNC(=O)C(C)N1C(=O)CCCc2ccccc21. The molecule has 0 spiro atoms. The molecule has 0 saturated carbocycles. The molecular weight excluding hydrogens is 264 g/mol. The fraction of sp³-hybridized carbons (Fsp3) is 0.529. The first-order valence-corrected chi connectivity index (χ1v) is 7.82. The molecule has 4 nitrogen and oxygen atoms in total. The van der Waals surface area contributed by atoms with Crippen molar-refractivity contribution in [2.75, 3.05) is 11.4 Å². The van der Waals surface area contributed by atoms with Gasteiger partial charge in [-0.2, -0.15) is 0 Å². The van der Waals surface area contributed by atoms with Crippen molar-refractivity contribution in [3.8, 4) is 0 Å². The van der Waals surface area contributed by atoms with Gasteiger partial charge in [0.15, 0.2) is 0 Å². The average molecular weight is 288 g/mol. The van der Waals surface area contributed by atoms with Gasteiger partial charge in [0.1, 0.15) is 6.04 Å². The number of carbonyl (C=O) groups is 2. The van der Waals surface area contributed by atoms with Crippen LogP contribution >= 0.6 is 0 Å². The molecule has 0 aromatic heterocycles. The molecule has 2 amide bonds. The number of nitrogens with zero attached hydrogens (tertiary/aromatic N) is 1. The first kappa shape index (κ1) is 15.5. The molecule has 0 bridgehead atoms. The molecule has 1 aromatic rings. The first-order valence-electron chi connectivity index (χ1n) is 7.82.